The molecule has 11 heavy (non-hydrogen) atoms. The molecule has 0 saturated carbocycles. The largest absolute Gasteiger partial charge is 0.362 e. The molecule has 0 unspecified atom stereocenters. The summed E-state index contributed by atoms with van der Waals surface area (Å²) < 4.78 is 0. The van der Waals surface area contributed by atoms with E-state index in [0.29, 0.717) is 0 Å². The van der Waals surface area contributed by atoms with Crippen molar-refractivity contribution in [2.45, 2.75) is 6.42 Å². The molecular weight excluding hydrogens is 138 g/mol. The summed E-state index contributed by atoms with van der Waals surface area (Å²) in [4.78, 5) is 4.32. The highest BCUT2D eigenvalue weighted by molar-refractivity contribution is 4.91. The Kier molecular flexibility index (Phi) is 2.76. The summed E-state index contributed by atoms with van der Waals surface area (Å²) in [6, 6.07) is 0. The van der Waals surface area contributed by atoms with Gasteiger partial charge in [-0.15, -0.1) is 0 Å². The van der Waals surface area contributed by atoms with E-state index in [9.17, 15) is 0 Å². The van der Waals surface area contributed by atoms with Gasteiger partial charge in [0.2, 0.25) is 0 Å². The fraction of sp³-hybridized carbons (Fsp3) is 0.750. The van der Waals surface area contributed by atoms with Gasteiger partial charge in [-0.2, -0.15) is 0 Å². The molecule has 0 bridgehead atoms. The molecule has 0 atom stereocenters. The van der Waals surface area contributed by atoms with Crippen LogP contribution in [0.2, 0.25) is 0 Å². The van der Waals surface area contributed by atoms with Crippen LogP contribution in [-0.2, 0) is 0 Å². The molecule has 1 heterocycles. The van der Waals surface area contributed by atoms with Gasteiger partial charge in [-0.1, -0.05) is 6.58 Å². The fourth-order valence-corrected chi connectivity index (χ4v) is 1.20. The Balaban J connectivity index is 2.49. The van der Waals surface area contributed by atoms with Crippen molar-refractivity contribution in [2.24, 2.45) is 0 Å². The lowest BCUT2D eigenvalue weighted by Crippen LogP contribution is -2.40. The molecule has 1 saturated heterocycles. The van der Waals surface area contributed by atoms with Crippen LogP contribution in [0.3, 0.4) is 0 Å². The molecule has 1 N–H and O–H groups in total. The van der Waals surface area contributed by atoms with E-state index < -0.39 is 0 Å². The van der Waals surface area contributed by atoms with Gasteiger partial charge in [0.05, 0.1) is 12.5 Å². The first-order chi connectivity index (χ1) is 5.22. The Hall–Kier alpha value is -0.700. The number of hydrogen-bond donors (Lipinski definition) is 1. The van der Waals surface area contributed by atoms with Crippen LogP contribution in [0.1, 0.15) is 6.42 Å². The van der Waals surface area contributed by atoms with Crippen LogP contribution in [0.25, 0.3) is 0 Å². The Morgan fingerprint density at radius 2 is 2.09 bits per heavy atom. The first-order valence-electron chi connectivity index (χ1n) is 4.03. The average Bonchev–Trinajstić information content (AvgIpc) is 2.00. The van der Waals surface area contributed by atoms with Crippen molar-refractivity contribution in [1.29, 1.82) is 0 Å². The zero-order chi connectivity index (χ0) is 8.27. The standard InChI is InChI=1S/C8H17N3/c1-8-10(2)6-4-5-9-7-11(8)3/h9H,1,4-7H2,2-3H3. The van der Waals surface area contributed by atoms with E-state index in [2.05, 4.69) is 35.8 Å². The van der Waals surface area contributed by atoms with Crippen LogP contribution in [0.15, 0.2) is 12.4 Å². The van der Waals surface area contributed by atoms with Crippen LogP contribution in [0, 0.1) is 0 Å². The van der Waals surface area contributed by atoms with Crippen LogP contribution < -0.4 is 5.32 Å². The molecule has 0 aliphatic carbocycles. The fourth-order valence-electron chi connectivity index (χ4n) is 1.20. The molecule has 64 valence electrons. The summed E-state index contributed by atoms with van der Waals surface area (Å²) >= 11 is 0. The topological polar surface area (TPSA) is 18.5 Å². The number of rotatable bonds is 0. The van der Waals surface area contributed by atoms with Crippen LogP contribution >= 0.6 is 0 Å². The van der Waals surface area contributed by atoms with Crippen molar-refractivity contribution in [3.8, 4) is 0 Å². The lowest BCUT2D eigenvalue weighted by molar-refractivity contribution is 0.233. The van der Waals surface area contributed by atoms with Crippen molar-refractivity contribution in [3.63, 3.8) is 0 Å². The molecule has 0 spiro atoms. The maximum Gasteiger partial charge on any atom is 0.0970 e. The van der Waals surface area contributed by atoms with E-state index >= 15 is 0 Å². The molecule has 0 amide bonds. The highest BCUT2D eigenvalue weighted by Crippen LogP contribution is 2.04. The molecule has 0 aromatic rings. The molecule has 3 nitrogen and oxygen atoms in total. The van der Waals surface area contributed by atoms with Gasteiger partial charge in [0.15, 0.2) is 0 Å². The molecule has 0 aromatic heterocycles. The third kappa shape index (κ3) is 2.12. The van der Waals surface area contributed by atoms with Gasteiger partial charge in [0.1, 0.15) is 0 Å². The zero-order valence-corrected chi connectivity index (χ0v) is 7.43. The summed E-state index contributed by atoms with van der Waals surface area (Å²) in [6.45, 7) is 7.09. The summed E-state index contributed by atoms with van der Waals surface area (Å²) in [6.07, 6.45) is 1.20. The minimum absolute atomic E-state index is 0.906. The SMILES string of the molecule is C=C1N(C)CCCNCN1C. The molecule has 1 aliphatic rings. The van der Waals surface area contributed by atoms with Gasteiger partial charge in [-0.25, -0.2) is 0 Å². The second-order valence-electron chi connectivity index (χ2n) is 3.05. The predicted octanol–water partition coefficient (Wildman–Crippen LogP) is 0.272. The molecule has 3 heteroatoms. The van der Waals surface area contributed by atoms with Crippen molar-refractivity contribution in [3.05, 3.63) is 12.4 Å². The first kappa shape index (κ1) is 8.40. The van der Waals surface area contributed by atoms with E-state index in [0.717, 1.165) is 25.6 Å². The molecule has 1 fully saturated rings. The maximum absolute atomic E-state index is 3.99. The molecule has 0 aromatic carbocycles. The lowest BCUT2D eigenvalue weighted by Gasteiger charge is -2.32. The minimum atomic E-state index is 0.906. The Labute approximate surface area is 68.7 Å². The summed E-state index contributed by atoms with van der Waals surface area (Å²) in [5.74, 6) is 1.09. The molecular formula is C8H17N3. The van der Waals surface area contributed by atoms with Crippen molar-refractivity contribution in [1.82, 2.24) is 15.1 Å². The minimum Gasteiger partial charge on any atom is -0.362 e. The van der Waals surface area contributed by atoms with E-state index in [1.807, 2.05) is 0 Å². The third-order valence-electron chi connectivity index (χ3n) is 2.08. The van der Waals surface area contributed by atoms with E-state index in [4.69, 9.17) is 0 Å². The highest BCUT2D eigenvalue weighted by atomic mass is 15.3. The Bertz CT molecular complexity index is 130. The molecule has 1 aliphatic heterocycles. The van der Waals surface area contributed by atoms with Gasteiger partial charge in [-0.3, -0.25) is 5.32 Å². The lowest BCUT2D eigenvalue weighted by atomic mass is 10.3. The Morgan fingerprint density at radius 1 is 1.36 bits per heavy atom. The Morgan fingerprint density at radius 3 is 2.82 bits per heavy atom. The van der Waals surface area contributed by atoms with Gasteiger partial charge >= 0.3 is 0 Å². The zero-order valence-electron chi connectivity index (χ0n) is 7.43. The monoisotopic (exact) mass is 155 g/mol. The third-order valence-corrected chi connectivity index (χ3v) is 2.08. The second kappa shape index (κ2) is 3.62. The highest BCUT2D eigenvalue weighted by Gasteiger charge is 2.08. The smallest absolute Gasteiger partial charge is 0.0970 e. The summed E-state index contributed by atoms with van der Waals surface area (Å²) in [5, 5.41) is 3.33. The van der Waals surface area contributed by atoms with Crippen molar-refractivity contribution < 1.29 is 0 Å². The summed E-state index contributed by atoms with van der Waals surface area (Å²) in [7, 11) is 4.14. The van der Waals surface area contributed by atoms with E-state index in [1.165, 1.54) is 6.42 Å². The molecule has 1 rings (SSSR count). The van der Waals surface area contributed by atoms with Crippen LogP contribution in [0.4, 0.5) is 0 Å². The van der Waals surface area contributed by atoms with Crippen LogP contribution in [-0.4, -0.2) is 43.7 Å². The van der Waals surface area contributed by atoms with Crippen LogP contribution in [0.5, 0.6) is 0 Å². The molecule has 0 radical (unpaired) electrons. The summed E-state index contributed by atoms with van der Waals surface area (Å²) in [5.41, 5.74) is 0. The number of hydrogen-bond acceptors (Lipinski definition) is 3. The predicted molar refractivity (Wildman–Crippen MR) is 47.0 cm³/mol. The number of nitrogens with one attached hydrogen (secondary N) is 1. The second-order valence-corrected chi connectivity index (χ2v) is 3.05. The van der Waals surface area contributed by atoms with Gasteiger partial charge in [-0.05, 0) is 13.0 Å². The van der Waals surface area contributed by atoms with Gasteiger partial charge < -0.3 is 9.80 Å². The average molecular weight is 155 g/mol. The van der Waals surface area contributed by atoms with E-state index in [-0.39, 0.29) is 0 Å². The van der Waals surface area contributed by atoms with E-state index in [1.54, 1.807) is 0 Å². The van der Waals surface area contributed by atoms with Crippen molar-refractivity contribution >= 4 is 0 Å². The van der Waals surface area contributed by atoms with Crippen molar-refractivity contribution in [2.75, 3.05) is 33.9 Å². The normalized spacial score (nSPS) is 21.5. The van der Waals surface area contributed by atoms with Gasteiger partial charge in [0.25, 0.3) is 0 Å². The number of nitrogens with zero attached hydrogens (tertiary/aromatic N) is 2. The maximum atomic E-state index is 3.99. The quantitative estimate of drug-likeness (QED) is 0.542. The van der Waals surface area contributed by atoms with Gasteiger partial charge in [0, 0.05) is 20.6 Å². The first-order valence-corrected chi connectivity index (χ1v) is 4.03.